The van der Waals surface area contributed by atoms with Gasteiger partial charge in [0, 0.05) is 22.0 Å². The maximum Gasteiger partial charge on any atom is 0.0456 e. The van der Waals surface area contributed by atoms with Crippen molar-refractivity contribution < 1.29 is 0 Å². The van der Waals surface area contributed by atoms with Crippen molar-refractivity contribution in [3.63, 3.8) is 0 Å². The number of nitrogens with two attached hydrogens (primary N) is 1. The van der Waals surface area contributed by atoms with Crippen LogP contribution in [0.3, 0.4) is 0 Å². The third-order valence-electron chi connectivity index (χ3n) is 2.20. The zero-order valence-corrected chi connectivity index (χ0v) is 9.16. The van der Waals surface area contributed by atoms with Crippen molar-refractivity contribution in [2.75, 3.05) is 0 Å². The Morgan fingerprint density at radius 3 is 2.38 bits per heavy atom. The van der Waals surface area contributed by atoms with Crippen LogP contribution in [0.1, 0.15) is 17.9 Å². The quantitative estimate of drug-likeness (QED) is 0.799. The van der Waals surface area contributed by atoms with E-state index in [1.54, 1.807) is 6.07 Å². The topological polar surface area (TPSA) is 26.0 Å². The maximum atomic E-state index is 5.99. The Morgan fingerprint density at radius 2 is 1.92 bits per heavy atom. The van der Waals surface area contributed by atoms with Gasteiger partial charge in [0.25, 0.3) is 0 Å². The fourth-order valence-electron chi connectivity index (χ4n) is 1.37. The van der Waals surface area contributed by atoms with Crippen molar-refractivity contribution in [2.45, 2.75) is 18.4 Å². The molecular weight excluding hydrogens is 228 g/mol. The van der Waals surface area contributed by atoms with E-state index >= 15 is 0 Å². The molecule has 0 saturated heterocycles. The van der Waals surface area contributed by atoms with Gasteiger partial charge in [0.05, 0.1) is 0 Å². The molecule has 1 saturated carbocycles. The average molecular weight is 239 g/mol. The lowest BCUT2D eigenvalue weighted by atomic mass is 10.1. The van der Waals surface area contributed by atoms with E-state index in [-0.39, 0.29) is 12.4 Å². The highest BCUT2D eigenvalue weighted by molar-refractivity contribution is 6.35. The molecule has 0 aromatic heterocycles. The highest BCUT2D eigenvalue weighted by atomic mass is 35.5. The molecule has 1 aromatic carbocycles. The number of benzene rings is 1. The summed E-state index contributed by atoms with van der Waals surface area (Å²) >= 11 is 11.8. The predicted octanol–water partition coefficient (Wildman–Crippen LogP) is 3.23. The molecule has 0 heterocycles. The average Bonchev–Trinajstić information content (AvgIpc) is 2.66. The van der Waals surface area contributed by atoms with Crippen LogP contribution in [0, 0.1) is 0 Å². The Balaban J connectivity index is 0.000000845. The summed E-state index contributed by atoms with van der Waals surface area (Å²) in [4.78, 5) is 0. The molecule has 1 aliphatic rings. The van der Waals surface area contributed by atoms with Gasteiger partial charge in [0.1, 0.15) is 0 Å². The van der Waals surface area contributed by atoms with Crippen molar-refractivity contribution in [2.24, 2.45) is 5.73 Å². The van der Waals surface area contributed by atoms with E-state index in [1.165, 1.54) is 0 Å². The molecule has 0 amide bonds. The van der Waals surface area contributed by atoms with Crippen LogP contribution in [0.25, 0.3) is 0 Å². The summed E-state index contributed by atoms with van der Waals surface area (Å²) < 4.78 is 0. The van der Waals surface area contributed by atoms with Gasteiger partial charge in [0.15, 0.2) is 0 Å². The number of rotatable bonds is 1. The standard InChI is InChI=1S/C9H9Cl2N.ClH/c10-5-1-2-6(8(11)3-5)7-4-9(7)12;/h1-3,7,9H,4,12H2;1H/t7-,9-;/m1./s1. The minimum atomic E-state index is 0. The van der Waals surface area contributed by atoms with Crippen molar-refractivity contribution in [3.8, 4) is 0 Å². The van der Waals surface area contributed by atoms with Crippen molar-refractivity contribution >= 4 is 35.6 Å². The number of hydrogen-bond donors (Lipinski definition) is 1. The van der Waals surface area contributed by atoms with Gasteiger partial charge in [-0.1, -0.05) is 29.3 Å². The molecule has 2 N–H and O–H groups in total. The van der Waals surface area contributed by atoms with Gasteiger partial charge in [-0.3, -0.25) is 0 Å². The van der Waals surface area contributed by atoms with Gasteiger partial charge in [-0.25, -0.2) is 0 Å². The third kappa shape index (κ3) is 2.29. The molecule has 0 radical (unpaired) electrons. The molecule has 13 heavy (non-hydrogen) atoms. The Bertz CT molecular complexity index is 314. The minimum Gasteiger partial charge on any atom is -0.327 e. The molecule has 1 aliphatic carbocycles. The summed E-state index contributed by atoms with van der Waals surface area (Å²) in [5.74, 6) is 0.453. The molecule has 4 heteroatoms. The zero-order valence-electron chi connectivity index (χ0n) is 6.84. The fraction of sp³-hybridized carbons (Fsp3) is 0.333. The smallest absolute Gasteiger partial charge is 0.0456 e. The van der Waals surface area contributed by atoms with Gasteiger partial charge < -0.3 is 5.73 Å². The number of halogens is 3. The summed E-state index contributed by atoms with van der Waals surface area (Å²) in [6, 6.07) is 5.88. The molecule has 1 nitrogen and oxygen atoms in total. The summed E-state index contributed by atoms with van der Waals surface area (Å²) in [6.45, 7) is 0. The zero-order chi connectivity index (χ0) is 8.72. The van der Waals surface area contributed by atoms with Gasteiger partial charge in [-0.2, -0.15) is 0 Å². The van der Waals surface area contributed by atoms with Crippen LogP contribution >= 0.6 is 35.6 Å². The maximum absolute atomic E-state index is 5.99. The van der Waals surface area contributed by atoms with Crippen LogP contribution in [0.4, 0.5) is 0 Å². The molecule has 1 aromatic rings. The number of hydrogen-bond acceptors (Lipinski definition) is 1. The first-order valence-corrected chi connectivity index (χ1v) is 4.64. The van der Waals surface area contributed by atoms with Crippen LogP contribution in [-0.2, 0) is 0 Å². The van der Waals surface area contributed by atoms with Crippen LogP contribution < -0.4 is 5.73 Å². The second kappa shape index (κ2) is 4.05. The molecule has 0 spiro atoms. The summed E-state index contributed by atoms with van der Waals surface area (Å²) in [5, 5.41) is 1.42. The lowest BCUT2D eigenvalue weighted by Gasteiger charge is -2.01. The third-order valence-corrected chi connectivity index (χ3v) is 2.76. The molecule has 72 valence electrons. The molecule has 0 bridgehead atoms. The first kappa shape index (κ1) is 11.1. The van der Waals surface area contributed by atoms with Crippen molar-refractivity contribution in [1.82, 2.24) is 0 Å². The minimum absolute atomic E-state index is 0. The van der Waals surface area contributed by atoms with Gasteiger partial charge in [-0.05, 0) is 24.1 Å². The highest BCUT2D eigenvalue weighted by Crippen LogP contribution is 2.42. The summed E-state index contributed by atoms with van der Waals surface area (Å²) in [6.07, 6.45) is 1.04. The van der Waals surface area contributed by atoms with Crippen molar-refractivity contribution in [3.05, 3.63) is 33.8 Å². The summed E-state index contributed by atoms with van der Waals surface area (Å²) in [7, 11) is 0. The van der Waals surface area contributed by atoms with E-state index in [9.17, 15) is 0 Å². The Morgan fingerprint density at radius 1 is 1.31 bits per heavy atom. The largest absolute Gasteiger partial charge is 0.327 e. The van der Waals surface area contributed by atoms with Crippen LogP contribution in [-0.4, -0.2) is 6.04 Å². The SMILES string of the molecule is Cl.N[C@@H]1C[C@@H]1c1ccc(Cl)cc1Cl. The molecule has 2 rings (SSSR count). The Kier molecular flexibility index (Phi) is 3.47. The Hall–Kier alpha value is 0.0500. The van der Waals surface area contributed by atoms with E-state index < -0.39 is 0 Å². The molecule has 1 fully saturated rings. The monoisotopic (exact) mass is 237 g/mol. The second-order valence-corrected chi connectivity index (χ2v) is 4.02. The normalized spacial score (nSPS) is 25.2. The molecular formula is C9H10Cl3N. The fourth-order valence-corrected chi connectivity index (χ4v) is 1.92. The van der Waals surface area contributed by atoms with Gasteiger partial charge in [0.2, 0.25) is 0 Å². The Labute approximate surface area is 93.6 Å². The van der Waals surface area contributed by atoms with Gasteiger partial charge >= 0.3 is 0 Å². The predicted molar refractivity (Wildman–Crippen MR) is 59.0 cm³/mol. The lowest BCUT2D eigenvalue weighted by Crippen LogP contribution is -2.01. The first-order valence-electron chi connectivity index (χ1n) is 3.89. The van der Waals surface area contributed by atoms with E-state index in [2.05, 4.69) is 0 Å². The van der Waals surface area contributed by atoms with Crippen LogP contribution in [0.2, 0.25) is 10.0 Å². The summed E-state index contributed by atoms with van der Waals surface area (Å²) in [5.41, 5.74) is 6.85. The van der Waals surface area contributed by atoms with Gasteiger partial charge in [-0.15, -0.1) is 12.4 Å². The van der Waals surface area contributed by atoms with E-state index in [0.29, 0.717) is 17.0 Å². The highest BCUT2D eigenvalue weighted by Gasteiger charge is 2.36. The van der Waals surface area contributed by atoms with E-state index in [1.807, 2.05) is 12.1 Å². The molecule has 2 atom stereocenters. The molecule has 0 unspecified atom stereocenters. The molecule has 0 aliphatic heterocycles. The van der Waals surface area contributed by atoms with E-state index in [4.69, 9.17) is 28.9 Å². The van der Waals surface area contributed by atoms with E-state index in [0.717, 1.165) is 17.0 Å². The lowest BCUT2D eigenvalue weighted by molar-refractivity contribution is 0.991. The van der Waals surface area contributed by atoms with Crippen molar-refractivity contribution in [1.29, 1.82) is 0 Å². The van der Waals surface area contributed by atoms with Crippen LogP contribution in [0.5, 0.6) is 0 Å². The second-order valence-electron chi connectivity index (χ2n) is 3.17. The van der Waals surface area contributed by atoms with Crippen LogP contribution in [0.15, 0.2) is 18.2 Å². The first-order chi connectivity index (χ1) is 5.68.